The Kier molecular flexibility index (Phi) is 4.68. The second-order valence-electron chi connectivity index (χ2n) is 8.95. The number of amides is 4. The molecule has 150 valence electrons. The molecule has 4 rings (SSSR count). The summed E-state index contributed by atoms with van der Waals surface area (Å²) < 4.78 is 0. The van der Waals surface area contributed by atoms with Gasteiger partial charge in [-0.2, -0.15) is 0 Å². The van der Waals surface area contributed by atoms with Crippen LogP contribution in [0.15, 0.2) is 24.3 Å². The zero-order valence-corrected chi connectivity index (χ0v) is 16.9. The zero-order chi connectivity index (χ0) is 20.1. The van der Waals surface area contributed by atoms with Crippen molar-refractivity contribution in [2.24, 2.45) is 5.92 Å². The maximum atomic E-state index is 13.0. The second kappa shape index (κ2) is 6.90. The molecule has 1 N–H and O–H groups in total. The van der Waals surface area contributed by atoms with Gasteiger partial charge in [0.25, 0.3) is 5.91 Å². The highest BCUT2D eigenvalue weighted by Gasteiger charge is 2.56. The monoisotopic (exact) mass is 383 g/mol. The molecule has 0 radical (unpaired) electrons. The molecule has 1 aromatic rings. The van der Waals surface area contributed by atoms with Crippen molar-refractivity contribution in [2.45, 2.75) is 70.5 Å². The first-order chi connectivity index (χ1) is 13.3. The van der Waals surface area contributed by atoms with Crippen molar-refractivity contribution in [3.8, 4) is 0 Å². The van der Waals surface area contributed by atoms with Crippen molar-refractivity contribution >= 4 is 17.8 Å². The molecule has 1 aromatic carbocycles. The number of rotatable bonds is 7. The summed E-state index contributed by atoms with van der Waals surface area (Å²) in [5.41, 5.74) is 1.51. The minimum atomic E-state index is -0.839. The van der Waals surface area contributed by atoms with Gasteiger partial charge in [-0.3, -0.25) is 14.5 Å². The van der Waals surface area contributed by atoms with Gasteiger partial charge in [-0.05, 0) is 55.6 Å². The highest BCUT2D eigenvalue weighted by molar-refractivity contribution is 6.09. The molecule has 1 saturated heterocycles. The molecule has 1 aliphatic heterocycles. The molecule has 3 fully saturated rings. The third-order valence-electron chi connectivity index (χ3n) is 6.30. The maximum absolute atomic E-state index is 13.0. The molecule has 2 saturated carbocycles. The lowest BCUT2D eigenvalue weighted by molar-refractivity contribution is -0.139. The van der Waals surface area contributed by atoms with Gasteiger partial charge in [0.05, 0.1) is 0 Å². The first-order valence-corrected chi connectivity index (χ1v) is 10.3. The van der Waals surface area contributed by atoms with Gasteiger partial charge in [0.1, 0.15) is 12.1 Å². The lowest BCUT2D eigenvalue weighted by Crippen LogP contribution is -2.47. The van der Waals surface area contributed by atoms with Crippen molar-refractivity contribution in [1.82, 2.24) is 15.1 Å². The number of hydrogen-bond acceptors (Lipinski definition) is 3. The average molecular weight is 383 g/mol. The van der Waals surface area contributed by atoms with Crippen LogP contribution in [-0.4, -0.2) is 45.8 Å². The van der Waals surface area contributed by atoms with E-state index in [1.165, 1.54) is 5.56 Å². The predicted octanol–water partition coefficient (Wildman–Crippen LogP) is 3.02. The van der Waals surface area contributed by atoms with E-state index in [0.29, 0.717) is 12.5 Å². The molecule has 0 aromatic heterocycles. The Bertz CT molecular complexity index is 796. The van der Waals surface area contributed by atoms with Crippen molar-refractivity contribution in [3.63, 3.8) is 0 Å². The van der Waals surface area contributed by atoms with Crippen LogP contribution < -0.4 is 5.32 Å². The lowest BCUT2D eigenvalue weighted by atomic mass is 9.96. The zero-order valence-electron chi connectivity index (χ0n) is 16.9. The summed E-state index contributed by atoms with van der Waals surface area (Å²) >= 11 is 0. The molecule has 1 atom stereocenters. The number of urea groups is 1. The van der Waals surface area contributed by atoms with Gasteiger partial charge in [0.2, 0.25) is 5.91 Å². The molecule has 4 amide bonds. The van der Waals surface area contributed by atoms with E-state index in [9.17, 15) is 14.4 Å². The summed E-state index contributed by atoms with van der Waals surface area (Å²) in [4.78, 5) is 41.1. The summed E-state index contributed by atoms with van der Waals surface area (Å²) in [5, 5.41) is 2.81. The van der Waals surface area contributed by atoms with Gasteiger partial charge in [-0.1, -0.05) is 38.1 Å². The Hall–Kier alpha value is -2.37. The number of carbonyl (C=O) groups excluding carboxylic acids is 3. The molecule has 1 heterocycles. The number of benzene rings is 1. The van der Waals surface area contributed by atoms with Crippen LogP contribution in [0, 0.1) is 5.92 Å². The SMILES string of the molecule is CC(C)c1ccc(CN(C(=O)CN2C(=O)NC(C)(C3CC3)C2=O)C2CC2)cc1. The second-order valence-corrected chi connectivity index (χ2v) is 8.95. The molecule has 28 heavy (non-hydrogen) atoms. The minimum Gasteiger partial charge on any atom is -0.334 e. The van der Waals surface area contributed by atoms with Crippen molar-refractivity contribution in [2.75, 3.05) is 6.54 Å². The van der Waals surface area contributed by atoms with Crippen molar-refractivity contribution < 1.29 is 14.4 Å². The minimum absolute atomic E-state index is 0.154. The van der Waals surface area contributed by atoms with Crippen LogP contribution in [0.1, 0.15) is 63.5 Å². The number of imide groups is 1. The van der Waals surface area contributed by atoms with Crippen LogP contribution in [-0.2, 0) is 16.1 Å². The van der Waals surface area contributed by atoms with Crippen molar-refractivity contribution in [1.29, 1.82) is 0 Å². The standard InChI is InChI=1S/C22H29N3O3/c1-14(2)16-6-4-15(5-7-16)12-24(18-10-11-18)19(26)13-25-20(27)22(3,17-8-9-17)23-21(25)28/h4-7,14,17-18H,8-13H2,1-3H3,(H,23,28). The first kappa shape index (κ1) is 19.0. The fourth-order valence-corrected chi connectivity index (χ4v) is 4.03. The molecule has 2 aliphatic carbocycles. The highest BCUT2D eigenvalue weighted by Crippen LogP contribution is 2.42. The fraction of sp³-hybridized carbons (Fsp3) is 0.591. The predicted molar refractivity (Wildman–Crippen MR) is 105 cm³/mol. The summed E-state index contributed by atoms with van der Waals surface area (Å²) in [6.45, 7) is 6.44. The van der Waals surface area contributed by atoms with Crippen LogP contribution in [0.4, 0.5) is 4.79 Å². The lowest BCUT2D eigenvalue weighted by Gasteiger charge is -2.25. The van der Waals surface area contributed by atoms with Gasteiger partial charge >= 0.3 is 6.03 Å². The quantitative estimate of drug-likeness (QED) is 0.736. The summed E-state index contributed by atoms with van der Waals surface area (Å²) in [6.07, 6.45) is 3.86. The molecular formula is C22H29N3O3. The Labute approximate surface area is 166 Å². The van der Waals surface area contributed by atoms with E-state index in [0.717, 1.165) is 36.1 Å². The van der Waals surface area contributed by atoms with Gasteiger partial charge in [-0.25, -0.2) is 4.79 Å². The molecular weight excluding hydrogens is 354 g/mol. The van der Waals surface area contributed by atoms with E-state index in [1.54, 1.807) is 6.92 Å². The Morgan fingerprint density at radius 2 is 1.82 bits per heavy atom. The number of carbonyl (C=O) groups is 3. The smallest absolute Gasteiger partial charge is 0.325 e. The first-order valence-electron chi connectivity index (χ1n) is 10.3. The average Bonchev–Trinajstić information content (AvgIpc) is 3.55. The topological polar surface area (TPSA) is 69.7 Å². The Morgan fingerprint density at radius 1 is 1.18 bits per heavy atom. The summed E-state index contributed by atoms with van der Waals surface area (Å²) in [6, 6.07) is 8.12. The van der Waals surface area contributed by atoms with Crippen LogP contribution in [0.2, 0.25) is 0 Å². The highest BCUT2D eigenvalue weighted by atomic mass is 16.2. The van der Waals surface area contributed by atoms with E-state index in [4.69, 9.17) is 0 Å². The van der Waals surface area contributed by atoms with Crippen LogP contribution in [0.3, 0.4) is 0 Å². The van der Waals surface area contributed by atoms with E-state index in [-0.39, 0.29) is 30.3 Å². The molecule has 0 bridgehead atoms. The summed E-state index contributed by atoms with van der Waals surface area (Å²) in [7, 11) is 0. The van der Waals surface area contributed by atoms with Crippen LogP contribution in [0.25, 0.3) is 0 Å². The Morgan fingerprint density at radius 3 is 2.36 bits per heavy atom. The third-order valence-corrected chi connectivity index (χ3v) is 6.30. The largest absolute Gasteiger partial charge is 0.334 e. The number of hydrogen-bond donors (Lipinski definition) is 1. The van der Waals surface area contributed by atoms with E-state index in [2.05, 4.69) is 43.4 Å². The third kappa shape index (κ3) is 3.52. The van der Waals surface area contributed by atoms with Gasteiger partial charge in [-0.15, -0.1) is 0 Å². The van der Waals surface area contributed by atoms with E-state index < -0.39 is 11.6 Å². The molecule has 1 unspecified atom stereocenters. The van der Waals surface area contributed by atoms with Gasteiger partial charge < -0.3 is 10.2 Å². The number of nitrogens with one attached hydrogen (secondary N) is 1. The van der Waals surface area contributed by atoms with Crippen LogP contribution >= 0.6 is 0 Å². The van der Waals surface area contributed by atoms with Gasteiger partial charge in [0, 0.05) is 12.6 Å². The fourth-order valence-electron chi connectivity index (χ4n) is 4.03. The van der Waals surface area contributed by atoms with E-state index >= 15 is 0 Å². The maximum Gasteiger partial charge on any atom is 0.325 e. The van der Waals surface area contributed by atoms with Gasteiger partial charge in [0.15, 0.2) is 0 Å². The normalized spacial score (nSPS) is 24.6. The number of nitrogens with zero attached hydrogens (tertiary/aromatic N) is 2. The molecule has 6 nitrogen and oxygen atoms in total. The molecule has 0 spiro atoms. The Balaban J connectivity index is 1.44. The van der Waals surface area contributed by atoms with Crippen LogP contribution in [0.5, 0.6) is 0 Å². The molecule has 3 aliphatic rings. The molecule has 6 heteroatoms. The summed E-state index contributed by atoms with van der Waals surface area (Å²) in [5.74, 6) is 0.253. The van der Waals surface area contributed by atoms with E-state index in [1.807, 2.05) is 4.90 Å². The van der Waals surface area contributed by atoms with Crippen molar-refractivity contribution in [3.05, 3.63) is 35.4 Å².